The van der Waals surface area contributed by atoms with Crippen molar-refractivity contribution in [2.75, 3.05) is 6.61 Å². The van der Waals surface area contributed by atoms with Crippen molar-refractivity contribution in [1.29, 1.82) is 0 Å². The van der Waals surface area contributed by atoms with Crippen molar-refractivity contribution in [1.82, 2.24) is 5.32 Å². The average molecular weight is 384 g/mol. The Kier molecular flexibility index (Phi) is 5.96. The zero-order valence-electron chi connectivity index (χ0n) is 15.4. The topological polar surface area (TPSA) is 64.6 Å². The molecule has 2 rings (SSSR count). The van der Waals surface area contributed by atoms with Gasteiger partial charge in [0.2, 0.25) is 5.91 Å². The molecule has 0 aliphatic carbocycles. The van der Waals surface area contributed by atoms with Crippen LogP contribution in [0.2, 0.25) is 23.2 Å². The summed E-state index contributed by atoms with van der Waals surface area (Å²) in [5, 5.41) is 3.30. The molecule has 25 heavy (non-hydrogen) atoms. The van der Waals surface area contributed by atoms with Crippen LogP contribution in [0.3, 0.4) is 0 Å². The Morgan fingerprint density at radius 1 is 1.24 bits per heavy atom. The third kappa shape index (κ3) is 4.83. The fourth-order valence-corrected chi connectivity index (χ4v) is 3.40. The summed E-state index contributed by atoms with van der Waals surface area (Å²) >= 11 is 5.81. The summed E-state index contributed by atoms with van der Waals surface area (Å²) in [5.74, 6) is -0.939. The number of nitrogens with one attached hydrogen (secondary N) is 1. The van der Waals surface area contributed by atoms with E-state index in [0.29, 0.717) is 23.6 Å². The van der Waals surface area contributed by atoms with Crippen LogP contribution in [0, 0.1) is 5.92 Å². The molecule has 138 valence electrons. The average Bonchev–Trinajstić information content (AvgIpc) is 2.50. The van der Waals surface area contributed by atoms with E-state index in [1.54, 1.807) is 24.3 Å². The van der Waals surface area contributed by atoms with Crippen LogP contribution in [0.5, 0.6) is 0 Å². The van der Waals surface area contributed by atoms with E-state index >= 15 is 0 Å². The van der Waals surface area contributed by atoms with E-state index in [1.807, 2.05) is 0 Å². The van der Waals surface area contributed by atoms with Gasteiger partial charge in [0.15, 0.2) is 14.5 Å². The van der Waals surface area contributed by atoms with Crippen molar-refractivity contribution in [3.63, 3.8) is 0 Å². The molecule has 0 unspecified atom stereocenters. The molecule has 1 fully saturated rings. The minimum absolute atomic E-state index is 0.104. The van der Waals surface area contributed by atoms with Crippen LogP contribution >= 0.6 is 11.6 Å². The van der Waals surface area contributed by atoms with Crippen molar-refractivity contribution in [3.8, 4) is 0 Å². The summed E-state index contributed by atoms with van der Waals surface area (Å²) in [6, 6.07) is 6.45. The number of rotatable bonds is 6. The van der Waals surface area contributed by atoms with E-state index in [9.17, 15) is 9.59 Å². The van der Waals surface area contributed by atoms with Crippen molar-refractivity contribution >= 4 is 31.8 Å². The van der Waals surface area contributed by atoms with Crippen LogP contribution in [0.1, 0.15) is 37.6 Å². The lowest BCUT2D eigenvalue weighted by Gasteiger charge is -2.39. The first-order chi connectivity index (χ1) is 11.5. The number of hydrogen-bond acceptors (Lipinski definition) is 4. The summed E-state index contributed by atoms with van der Waals surface area (Å²) in [4.78, 5) is 23.9. The molecule has 1 heterocycles. The summed E-state index contributed by atoms with van der Waals surface area (Å²) in [7, 11) is -1.85. The highest BCUT2D eigenvalue weighted by molar-refractivity contribution is 6.74. The fraction of sp³-hybridized carbons (Fsp3) is 0.556. The molecule has 0 aromatic heterocycles. The van der Waals surface area contributed by atoms with Crippen molar-refractivity contribution in [2.45, 2.75) is 51.6 Å². The molecular weight excluding hydrogens is 358 g/mol. The van der Waals surface area contributed by atoms with Gasteiger partial charge in [0, 0.05) is 11.6 Å². The van der Waals surface area contributed by atoms with Crippen LogP contribution < -0.4 is 5.32 Å². The number of β-lactam (4-membered cyclic amide) rings is 1. The summed E-state index contributed by atoms with van der Waals surface area (Å²) in [5.41, 5.74) is 0.404. The van der Waals surface area contributed by atoms with Gasteiger partial charge in [-0.05, 0) is 48.8 Å². The van der Waals surface area contributed by atoms with Gasteiger partial charge in [-0.15, -0.1) is 0 Å². The molecule has 1 aliphatic rings. The first kappa shape index (κ1) is 19.9. The second kappa shape index (κ2) is 7.48. The maximum absolute atomic E-state index is 12.1. The lowest BCUT2D eigenvalue weighted by molar-refractivity contribution is -0.148. The van der Waals surface area contributed by atoms with Gasteiger partial charge in [0.05, 0.1) is 11.5 Å². The number of carbonyl (C=O) groups is 2. The Labute approximate surface area is 155 Å². The number of amides is 1. The molecule has 0 spiro atoms. The van der Waals surface area contributed by atoms with Crippen LogP contribution in [-0.4, -0.2) is 33.0 Å². The lowest BCUT2D eigenvalue weighted by atomic mass is 9.95. The van der Waals surface area contributed by atoms with E-state index in [0.717, 1.165) is 0 Å². The molecule has 0 bridgehead atoms. The van der Waals surface area contributed by atoms with Gasteiger partial charge in [0.1, 0.15) is 0 Å². The zero-order valence-corrected chi connectivity index (χ0v) is 17.1. The van der Waals surface area contributed by atoms with Gasteiger partial charge in [-0.25, -0.2) is 4.79 Å². The Morgan fingerprint density at radius 3 is 2.36 bits per heavy atom. The normalized spacial score (nSPS) is 20.6. The summed E-state index contributed by atoms with van der Waals surface area (Å²) in [6.07, 6.45) is -0.0598. The predicted molar refractivity (Wildman–Crippen MR) is 100 cm³/mol. The van der Waals surface area contributed by atoms with Gasteiger partial charge < -0.3 is 14.5 Å². The highest BCUT2D eigenvalue weighted by Crippen LogP contribution is 2.37. The molecule has 1 aromatic carbocycles. The van der Waals surface area contributed by atoms with Crippen LogP contribution in [0.15, 0.2) is 24.3 Å². The lowest BCUT2D eigenvalue weighted by Crippen LogP contribution is -2.60. The number of carbonyl (C=O) groups excluding carboxylic acids is 2. The minimum Gasteiger partial charge on any atom is -0.437 e. The Balaban J connectivity index is 1.86. The highest BCUT2D eigenvalue weighted by Gasteiger charge is 2.43. The number of benzene rings is 1. The van der Waals surface area contributed by atoms with E-state index in [2.05, 4.69) is 39.2 Å². The third-order valence-corrected chi connectivity index (χ3v) is 9.79. The SMILES string of the molecule is CC(C)(C)[Si](C)(C)OCC[C@H]1C(=O)N[C@@H]1OC(=O)c1ccc(Cl)cc1. The number of hydrogen-bond donors (Lipinski definition) is 1. The Hall–Kier alpha value is -1.37. The zero-order chi connectivity index (χ0) is 18.8. The molecule has 5 nitrogen and oxygen atoms in total. The smallest absolute Gasteiger partial charge is 0.340 e. The first-order valence-corrected chi connectivity index (χ1v) is 11.7. The molecule has 2 atom stereocenters. The molecule has 0 saturated carbocycles. The summed E-state index contributed by atoms with van der Waals surface area (Å²) in [6.45, 7) is 11.4. The monoisotopic (exact) mass is 383 g/mol. The van der Waals surface area contributed by atoms with Crippen molar-refractivity contribution in [2.24, 2.45) is 5.92 Å². The molecule has 7 heteroatoms. The van der Waals surface area contributed by atoms with E-state index in [-0.39, 0.29) is 16.9 Å². The second-order valence-corrected chi connectivity index (χ2v) is 13.1. The Bertz CT molecular complexity index is 639. The molecule has 1 amide bonds. The van der Waals surface area contributed by atoms with Gasteiger partial charge in [-0.2, -0.15) is 0 Å². The predicted octanol–water partition coefficient (Wildman–Crippen LogP) is 3.98. The van der Waals surface area contributed by atoms with Crippen molar-refractivity contribution in [3.05, 3.63) is 34.9 Å². The van der Waals surface area contributed by atoms with E-state index < -0.39 is 20.5 Å². The van der Waals surface area contributed by atoms with E-state index in [1.165, 1.54) is 0 Å². The van der Waals surface area contributed by atoms with Crippen LogP contribution in [0.4, 0.5) is 0 Å². The first-order valence-electron chi connectivity index (χ1n) is 8.42. The van der Waals surface area contributed by atoms with E-state index in [4.69, 9.17) is 20.8 Å². The van der Waals surface area contributed by atoms with Gasteiger partial charge in [-0.3, -0.25) is 4.79 Å². The van der Waals surface area contributed by atoms with Gasteiger partial charge >= 0.3 is 5.97 Å². The van der Waals surface area contributed by atoms with Crippen molar-refractivity contribution < 1.29 is 18.8 Å². The van der Waals surface area contributed by atoms with Gasteiger partial charge in [0.25, 0.3) is 0 Å². The molecule has 0 radical (unpaired) electrons. The quantitative estimate of drug-likeness (QED) is 0.458. The largest absolute Gasteiger partial charge is 0.437 e. The standard InChI is InChI=1S/C18H26ClNO4Si/c1-18(2,3)25(4,5)23-11-10-14-15(21)20-16(14)24-17(22)12-6-8-13(19)9-7-12/h6-9,14,16H,10-11H2,1-5H3,(H,20,21)/t14-,16+/m0/s1. The highest BCUT2D eigenvalue weighted by atomic mass is 35.5. The Morgan fingerprint density at radius 2 is 1.84 bits per heavy atom. The fourth-order valence-electron chi connectivity index (χ4n) is 2.21. The van der Waals surface area contributed by atoms with Crippen LogP contribution in [0.25, 0.3) is 0 Å². The molecule has 1 aromatic rings. The molecule has 1 aliphatic heterocycles. The molecule has 1 saturated heterocycles. The number of ether oxygens (including phenoxy) is 1. The molecular formula is C18H26ClNO4Si. The molecule has 1 N–H and O–H groups in total. The maximum Gasteiger partial charge on any atom is 0.340 e. The van der Waals surface area contributed by atoms with Gasteiger partial charge in [-0.1, -0.05) is 32.4 Å². The number of halogens is 1. The second-order valence-electron chi connectivity index (χ2n) is 7.85. The minimum atomic E-state index is -1.85. The number of esters is 1. The van der Waals surface area contributed by atoms with Crippen LogP contribution in [-0.2, 0) is 14.0 Å². The third-order valence-electron chi connectivity index (χ3n) is 5.00. The maximum atomic E-state index is 12.1. The summed E-state index contributed by atoms with van der Waals surface area (Å²) < 4.78 is 11.5.